The van der Waals surface area contributed by atoms with Gasteiger partial charge in [-0.15, -0.1) is 11.3 Å². The van der Waals surface area contributed by atoms with Gasteiger partial charge in [0.2, 0.25) is 0 Å². The average molecular weight is 495 g/mol. The Morgan fingerprint density at radius 1 is 1.03 bits per heavy atom. The van der Waals surface area contributed by atoms with Gasteiger partial charge >= 0.3 is 5.97 Å². The molecule has 0 saturated heterocycles. The molecule has 0 aliphatic rings. The standard InChI is InChI=1S/C29H22N2O4S/c30-15-18-2-1-3-20(10-18)25-12-19(11-23-8-9-34-29(23)25)17-35-26-13-22(5-4-21(26)14-28(32)33)27-7-6-24(16-31)36-27/h1-13H,14-15,17,30H2,(H,32,33). The molecule has 0 unspecified atom stereocenters. The van der Waals surface area contributed by atoms with Crippen molar-refractivity contribution in [3.63, 3.8) is 0 Å². The third-order valence-corrected chi connectivity index (χ3v) is 6.93. The maximum Gasteiger partial charge on any atom is 0.307 e. The molecule has 6 nitrogen and oxygen atoms in total. The predicted molar refractivity (Wildman–Crippen MR) is 140 cm³/mol. The van der Waals surface area contributed by atoms with Gasteiger partial charge in [-0.1, -0.05) is 30.3 Å². The monoisotopic (exact) mass is 494 g/mol. The quantitative estimate of drug-likeness (QED) is 0.260. The van der Waals surface area contributed by atoms with Crippen molar-refractivity contribution in [3.05, 3.63) is 101 Å². The van der Waals surface area contributed by atoms with Crippen LogP contribution in [0.5, 0.6) is 5.75 Å². The summed E-state index contributed by atoms with van der Waals surface area (Å²) in [6.45, 7) is 0.690. The number of carboxylic acid groups (broad SMARTS) is 1. The average Bonchev–Trinajstić information content (AvgIpc) is 3.57. The van der Waals surface area contributed by atoms with Crippen molar-refractivity contribution in [2.45, 2.75) is 19.6 Å². The smallest absolute Gasteiger partial charge is 0.307 e. The first-order valence-electron chi connectivity index (χ1n) is 11.3. The molecular formula is C29H22N2O4S. The Morgan fingerprint density at radius 3 is 2.69 bits per heavy atom. The van der Waals surface area contributed by atoms with Crippen molar-refractivity contribution in [2.75, 3.05) is 0 Å². The van der Waals surface area contributed by atoms with Crippen molar-refractivity contribution in [3.8, 4) is 33.4 Å². The molecule has 7 heteroatoms. The number of carbonyl (C=O) groups is 1. The number of nitrogens with two attached hydrogens (primary N) is 1. The normalized spacial score (nSPS) is 10.9. The van der Waals surface area contributed by atoms with Crippen molar-refractivity contribution in [2.24, 2.45) is 5.73 Å². The molecule has 0 atom stereocenters. The number of nitrogens with zero attached hydrogens (tertiary/aromatic N) is 1. The second kappa shape index (κ2) is 10.1. The molecule has 5 aromatic rings. The van der Waals surface area contributed by atoms with Crippen molar-refractivity contribution in [1.29, 1.82) is 5.26 Å². The van der Waals surface area contributed by atoms with Gasteiger partial charge < -0.3 is 20.0 Å². The number of aliphatic carboxylic acids is 1. The number of benzene rings is 3. The Kier molecular flexibility index (Phi) is 6.54. The van der Waals surface area contributed by atoms with E-state index in [4.69, 9.17) is 20.1 Å². The van der Waals surface area contributed by atoms with E-state index < -0.39 is 5.97 Å². The van der Waals surface area contributed by atoms with Gasteiger partial charge in [0.25, 0.3) is 0 Å². The van der Waals surface area contributed by atoms with Gasteiger partial charge in [0.15, 0.2) is 0 Å². The molecule has 0 fully saturated rings. The molecular weight excluding hydrogens is 472 g/mol. The molecule has 0 saturated carbocycles. The van der Waals surface area contributed by atoms with Crippen LogP contribution in [0.1, 0.15) is 21.6 Å². The van der Waals surface area contributed by atoms with Gasteiger partial charge in [0.1, 0.15) is 28.9 Å². The van der Waals surface area contributed by atoms with Crippen LogP contribution in [0, 0.1) is 11.3 Å². The van der Waals surface area contributed by atoms with Gasteiger partial charge in [-0.05, 0) is 64.7 Å². The number of furan rings is 1. The number of nitriles is 1. The first kappa shape index (κ1) is 23.4. The topological polar surface area (TPSA) is 109 Å². The Balaban J connectivity index is 1.49. The van der Waals surface area contributed by atoms with Crippen molar-refractivity contribution in [1.82, 2.24) is 0 Å². The molecule has 3 aromatic carbocycles. The lowest BCUT2D eigenvalue weighted by molar-refractivity contribution is -0.136. The number of carboxylic acids is 1. The van der Waals surface area contributed by atoms with Gasteiger partial charge in [-0.3, -0.25) is 4.79 Å². The fourth-order valence-electron chi connectivity index (χ4n) is 4.17. The minimum absolute atomic E-state index is 0.151. The molecule has 2 aromatic heterocycles. The number of thiophene rings is 1. The van der Waals surface area contributed by atoms with Gasteiger partial charge in [-0.2, -0.15) is 5.26 Å². The molecule has 3 N–H and O–H groups in total. The highest BCUT2D eigenvalue weighted by molar-refractivity contribution is 7.16. The maximum atomic E-state index is 11.5. The molecule has 0 radical (unpaired) electrons. The third kappa shape index (κ3) is 4.86. The van der Waals surface area contributed by atoms with Crippen LogP contribution in [0.15, 0.2) is 83.5 Å². The van der Waals surface area contributed by atoms with Gasteiger partial charge in [0.05, 0.1) is 12.7 Å². The highest BCUT2D eigenvalue weighted by atomic mass is 32.1. The van der Waals surface area contributed by atoms with Crippen LogP contribution in [-0.2, 0) is 24.4 Å². The Hall–Kier alpha value is -4.38. The lowest BCUT2D eigenvalue weighted by atomic mass is 9.99. The lowest BCUT2D eigenvalue weighted by Crippen LogP contribution is -2.04. The summed E-state index contributed by atoms with van der Waals surface area (Å²) < 4.78 is 12.0. The zero-order valence-electron chi connectivity index (χ0n) is 19.2. The first-order valence-corrected chi connectivity index (χ1v) is 12.1. The highest BCUT2D eigenvalue weighted by Gasteiger charge is 2.14. The first-order chi connectivity index (χ1) is 17.5. The van der Waals surface area contributed by atoms with E-state index in [1.54, 1.807) is 18.4 Å². The fraction of sp³-hybridized carbons (Fsp3) is 0.103. The largest absolute Gasteiger partial charge is 0.489 e. The molecule has 0 aliphatic carbocycles. The number of ether oxygens (including phenoxy) is 1. The third-order valence-electron chi connectivity index (χ3n) is 5.89. The zero-order valence-corrected chi connectivity index (χ0v) is 20.0. The summed E-state index contributed by atoms with van der Waals surface area (Å²) in [6, 6.07) is 25.3. The zero-order chi connectivity index (χ0) is 25.1. The van der Waals surface area contributed by atoms with E-state index >= 15 is 0 Å². The van der Waals surface area contributed by atoms with Gasteiger partial charge in [0, 0.05) is 27.9 Å². The van der Waals surface area contributed by atoms with E-state index in [1.807, 2.05) is 60.7 Å². The van der Waals surface area contributed by atoms with E-state index in [0.29, 0.717) is 22.7 Å². The van der Waals surface area contributed by atoms with Crippen LogP contribution in [0.25, 0.3) is 32.5 Å². The molecule has 0 amide bonds. The van der Waals surface area contributed by atoms with E-state index in [1.165, 1.54) is 11.3 Å². The summed E-state index contributed by atoms with van der Waals surface area (Å²) in [4.78, 5) is 13.0. The van der Waals surface area contributed by atoms with Crippen LogP contribution in [-0.4, -0.2) is 11.1 Å². The number of hydrogen-bond donors (Lipinski definition) is 2. The van der Waals surface area contributed by atoms with Crippen molar-refractivity contribution >= 4 is 28.3 Å². The molecule has 0 aliphatic heterocycles. The van der Waals surface area contributed by atoms with Crippen LogP contribution >= 0.6 is 11.3 Å². The second-order valence-electron chi connectivity index (χ2n) is 8.34. The summed E-state index contributed by atoms with van der Waals surface area (Å²) in [5.74, 6) is -0.432. The predicted octanol–water partition coefficient (Wildman–Crippen LogP) is 6.36. The number of fused-ring (bicyclic) bond motifs is 1. The van der Waals surface area contributed by atoms with Crippen LogP contribution in [0.4, 0.5) is 0 Å². The number of rotatable bonds is 8. The summed E-state index contributed by atoms with van der Waals surface area (Å²) in [5.41, 5.74) is 12.0. The summed E-state index contributed by atoms with van der Waals surface area (Å²) in [6.07, 6.45) is 1.51. The molecule has 0 spiro atoms. The molecule has 178 valence electrons. The molecule has 2 heterocycles. The Bertz CT molecular complexity index is 1610. The Morgan fingerprint density at radius 2 is 1.92 bits per heavy atom. The summed E-state index contributed by atoms with van der Waals surface area (Å²) in [5, 5.41) is 19.5. The van der Waals surface area contributed by atoms with Crippen LogP contribution in [0.2, 0.25) is 0 Å². The fourth-order valence-corrected chi connectivity index (χ4v) is 4.97. The number of hydrogen-bond acceptors (Lipinski definition) is 6. The van der Waals surface area contributed by atoms with Gasteiger partial charge in [-0.25, -0.2) is 0 Å². The summed E-state index contributed by atoms with van der Waals surface area (Å²) in [7, 11) is 0. The molecule has 5 rings (SSSR count). The lowest BCUT2D eigenvalue weighted by Gasteiger charge is -2.14. The van der Waals surface area contributed by atoms with E-state index in [2.05, 4.69) is 6.07 Å². The van der Waals surface area contributed by atoms with E-state index in [9.17, 15) is 9.90 Å². The van der Waals surface area contributed by atoms with E-state index in [0.717, 1.165) is 43.7 Å². The second-order valence-corrected chi connectivity index (χ2v) is 9.43. The van der Waals surface area contributed by atoms with Crippen LogP contribution < -0.4 is 10.5 Å². The summed E-state index contributed by atoms with van der Waals surface area (Å²) >= 11 is 1.38. The molecule has 36 heavy (non-hydrogen) atoms. The van der Waals surface area contributed by atoms with Crippen molar-refractivity contribution < 1.29 is 19.1 Å². The SMILES string of the molecule is N#Cc1ccc(-c2ccc(CC(=O)O)c(OCc3cc(-c4cccc(CN)c4)c4occc4c3)c2)s1. The van der Waals surface area contributed by atoms with Crippen LogP contribution in [0.3, 0.4) is 0 Å². The minimum atomic E-state index is -0.933. The molecule has 0 bridgehead atoms. The Labute approximate surface area is 211 Å². The maximum absolute atomic E-state index is 11.5. The van der Waals surface area contributed by atoms with E-state index in [-0.39, 0.29) is 13.0 Å². The minimum Gasteiger partial charge on any atom is -0.489 e. The highest BCUT2D eigenvalue weighted by Crippen LogP contribution is 2.34.